The summed E-state index contributed by atoms with van der Waals surface area (Å²) in [5, 5.41) is -0.104. The van der Waals surface area contributed by atoms with Crippen molar-refractivity contribution in [3.05, 3.63) is 34.4 Å². The summed E-state index contributed by atoms with van der Waals surface area (Å²) in [6.07, 6.45) is 0.607. The van der Waals surface area contributed by atoms with Gasteiger partial charge in [-0.05, 0) is 18.1 Å². The molecule has 0 spiro atoms. The van der Waals surface area contributed by atoms with Crippen LogP contribution >= 0.6 is 11.6 Å². The van der Waals surface area contributed by atoms with Crippen molar-refractivity contribution in [3.8, 4) is 0 Å². The number of aryl methyl sites for hydroxylation is 1. The first-order valence-corrected chi connectivity index (χ1v) is 3.67. The Kier molecular flexibility index (Phi) is 2.45. The normalized spacial score (nSPS) is 10.2. The van der Waals surface area contributed by atoms with E-state index in [0.29, 0.717) is 12.0 Å². The summed E-state index contributed by atoms with van der Waals surface area (Å²) in [5.41, 5.74) is 0.630. The average molecular weight is 177 g/mol. The third kappa shape index (κ3) is 1.51. The molecular weight excluding hydrogens is 170 g/mol. The second-order valence-corrected chi connectivity index (χ2v) is 2.57. The fraction of sp³-hybridized carbons (Fsp3) is 0.250. The predicted molar refractivity (Wildman–Crippen MR) is 40.7 cm³/mol. The molecule has 1 aromatic carbocycles. The Bertz CT molecular complexity index is 271. The molecule has 60 valence electrons. The third-order valence-corrected chi connectivity index (χ3v) is 1.90. The molecule has 0 aromatic heterocycles. The zero-order valence-corrected chi connectivity index (χ0v) is 6.75. The lowest BCUT2D eigenvalue weighted by atomic mass is 10.1. The van der Waals surface area contributed by atoms with Crippen molar-refractivity contribution in [3.63, 3.8) is 0 Å². The minimum absolute atomic E-state index is 0.104. The Morgan fingerprint density at radius 1 is 1.36 bits per heavy atom. The molecule has 0 aliphatic carbocycles. The average Bonchev–Trinajstić information content (AvgIpc) is 2.01. The van der Waals surface area contributed by atoms with E-state index >= 15 is 0 Å². The Balaban J connectivity index is 3.25. The molecule has 0 unspecified atom stereocenters. The van der Waals surface area contributed by atoms with Gasteiger partial charge in [0.15, 0.2) is 11.6 Å². The number of halogens is 3. The van der Waals surface area contributed by atoms with Crippen LogP contribution in [0.5, 0.6) is 0 Å². The molecule has 1 rings (SSSR count). The molecule has 0 nitrogen and oxygen atoms in total. The Labute approximate surface area is 68.8 Å². The van der Waals surface area contributed by atoms with Gasteiger partial charge in [0.2, 0.25) is 0 Å². The highest BCUT2D eigenvalue weighted by molar-refractivity contribution is 6.31. The highest BCUT2D eigenvalue weighted by Crippen LogP contribution is 2.22. The van der Waals surface area contributed by atoms with Crippen molar-refractivity contribution < 1.29 is 8.78 Å². The van der Waals surface area contributed by atoms with E-state index in [1.54, 1.807) is 0 Å². The van der Waals surface area contributed by atoms with E-state index in [1.807, 2.05) is 6.92 Å². The minimum atomic E-state index is -0.953. The molecule has 0 aliphatic heterocycles. The molecule has 0 saturated heterocycles. The van der Waals surface area contributed by atoms with Crippen LogP contribution in [0.4, 0.5) is 8.78 Å². The highest BCUT2D eigenvalue weighted by Gasteiger charge is 2.09. The number of benzene rings is 1. The molecule has 0 aliphatic rings. The van der Waals surface area contributed by atoms with Crippen LogP contribution in [0.25, 0.3) is 0 Å². The summed E-state index contributed by atoms with van der Waals surface area (Å²) in [6.45, 7) is 1.83. The van der Waals surface area contributed by atoms with Crippen LogP contribution < -0.4 is 0 Å². The van der Waals surface area contributed by atoms with E-state index in [4.69, 9.17) is 11.6 Å². The van der Waals surface area contributed by atoms with Gasteiger partial charge in [0.1, 0.15) is 0 Å². The summed E-state index contributed by atoms with van der Waals surface area (Å²) in [6, 6.07) is 2.57. The Hall–Kier alpha value is -0.630. The Morgan fingerprint density at radius 3 is 2.55 bits per heavy atom. The molecular formula is C8H7ClF2. The molecule has 0 atom stereocenters. The fourth-order valence-electron chi connectivity index (χ4n) is 0.839. The molecule has 0 amide bonds. The molecule has 0 fully saturated rings. The quantitative estimate of drug-likeness (QED) is 0.577. The second kappa shape index (κ2) is 3.18. The van der Waals surface area contributed by atoms with E-state index < -0.39 is 11.6 Å². The molecule has 0 N–H and O–H groups in total. The zero-order valence-electron chi connectivity index (χ0n) is 6.00. The van der Waals surface area contributed by atoms with Crippen molar-refractivity contribution >= 4 is 11.6 Å². The van der Waals surface area contributed by atoms with Crippen LogP contribution in [0.2, 0.25) is 5.02 Å². The van der Waals surface area contributed by atoms with Crippen LogP contribution in [0.1, 0.15) is 12.5 Å². The lowest BCUT2D eigenvalue weighted by molar-refractivity contribution is 0.507. The van der Waals surface area contributed by atoms with Crippen molar-refractivity contribution in [1.82, 2.24) is 0 Å². The van der Waals surface area contributed by atoms with Crippen LogP contribution in [-0.4, -0.2) is 0 Å². The SMILES string of the molecule is CCc1ccc(F)c(F)c1Cl. The van der Waals surface area contributed by atoms with Gasteiger partial charge in [-0.2, -0.15) is 0 Å². The van der Waals surface area contributed by atoms with Crippen molar-refractivity contribution in [2.75, 3.05) is 0 Å². The number of rotatable bonds is 1. The van der Waals surface area contributed by atoms with Crippen molar-refractivity contribution in [2.24, 2.45) is 0 Å². The van der Waals surface area contributed by atoms with Gasteiger partial charge in [0.05, 0.1) is 5.02 Å². The van der Waals surface area contributed by atoms with Gasteiger partial charge in [0, 0.05) is 0 Å². The van der Waals surface area contributed by atoms with Gasteiger partial charge < -0.3 is 0 Å². The van der Waals surface area contributed by atoms with E-state index in [1.165, 1.54) is 6.07 Å². The molecule has 0 heterocycles. The number of hydrogen-bond acceptors (Lipinski definition) is 0. The molecule has 0 bridgehead atoms. The summed E-state index contributed by atoms with van der Waals surface area (Å²) < 4.78 is 25.1. The molecule has 0 saturated carbocycles. The maximum atomic E-state index is 12.7. The van der Waals surface area contributed by atoms with Crippen LogP contribution in [0.15, 0.2) is 12.1 Å². The summed E-state index contributed by atoms with van der Waals surface area (Å²) in [4.78, 5) is 0. The van der Waals surface area contributed by atoms with Crippen LogP contribution in [0.3, 0.4) is 0 Å². The number of hydrogen-bond donors (Lipinski definition) is 0. The van der Waals surface area contributed by atoms with Crippen LogP contribution in [0, 0.1) is 11.6 Å². The Morgan fingerprint density at radius 2 is 2.00 bits per heavy atom. The van der Waals surface area contributed by atoms with Gasteiger partial charge in [-0.3, -0.25) is 0 Å². The smallest absolute Gasteiger partial charge is 0.177 e. The van der Waals surface area contributed by atoms with Gasteiger partial charge in [-0.25, -0.2) is 8.78 Å². The van der Waals surface area contributed by atoms with Gasteiger partial charge in [-0.1, -0.05) is 24.6 Å². The molecule has 11 heavy (non-hydrogen) atoms. The summed E-state index contributed by atoms with van der Waals surface area (Å²) in [5.74, 6) is -1.85. The highest BCUT2D eigenvalue weighted by atomic mass is 35.5. The topological polar surface area (TPSA) is 0 Å². The van der Waals surface area contributed by atoms with Gasteiger partial charge in [0.25, 0.3) is 0 Å². The zero-order chi connectivity index (χ0) is 8.43. The fourth-order valence-corrected chi connectivity index (χ4v) is 1.13. The largest absolute Gasteiger partial charge is 0.204 e. The maximum Gasteiger partial charge on any atom is 0.177 e. The first-order chi connectivity index (χ1) is 5.16. The van der Waals surface area contributed by atoms with E-state index in [-0.39, 0.29) is 5.02 Å². The van der Waals surface area contributed by atoms with Crippen molar-refractivity contribution in [2.45, 2.75) is 13.3 Å². The standard InChI is InChI=1S/C8H7ClF2/c1-2-5-3-4-6(10)8(11)7(5)9/h3-4H,2H2,1H3. The summed E-state index contributed by atoms with van der Waals surface area (Å²) >= 11 is 5.48. The van der Waals surface area contributed by atoms with Gasteiger partial charge >= 0.3 is 0 Å². The molecule has 3 heteroatoms. The first kappa shape index (κ1) is 8.47. The minimum Gasteiger partial charge on any atom is -0.204 e. The first-order valence-electron chi connectivity index (χ1n) is 3.29. The van der Waals surface area contributed by atoms with Gasteiger partial charge in [-0.15, -0.1) is 0 Å². The summed E-state index contributed by atoms with van der Waals surface area (Å²) in [7, 11) is 0. The maximum absolute atomic E-state index is 12.7. The monoisotopic (exact) mass is 176 g/mol. The predicted octanol–water partition coefficient (Wildman–Crippen LogP) is 3.18. The van der Waals surface area contributed by atoms with Crippen molar-refractivity contribution in [1.29, 1.82) is 0 Å². The van der Waals surface area contributed by atoms with E-state index in [2.05, 4.69) is 0 Å². The van der Waals surface area contributed by atoms with E-state index in [0.717, 1.165) is 6.07 Å². The van der Waals surface area contributed by atoms with E-state index in [9.17, 15) is 8.78 Å². The lowest BCUT2D eigenvalue weighted by Gasteiger charge is -2.01. The van der Waals surface area contributed by atoms with Crippen LogP contribution in [-0.2, 0) is 6.42 Å². The third-order valence-electron chi connectivity index (χ3n) is 1.50. The molecule has 0 radical (unpaired) electrons. The molecule has 1 aromatic rings. The second-order valence-electron chi connectivity index (χ2n) is 2.19. The lowest BCUT2D eigenvalue weighted by Crippen LogP contribution is -1.90.